The number of pyridine rings is 1. The lowest BCUT2D eigenvalue weighted by molar-refractivity contribution is 0.0995. The van der Waals surface area contributed by atoms with Crippen molar-refractivity contribution in [2.75, 3.05) is 16.8 Å². The molecule has 6 N–H and O–H groups in total. The molecule has 0 atom stereocenters. The topological polar surface area (TPSA) is 121 Å². The molecule has 0 aromatic carbocycles. The van der Waals surface area contributed by atoms with Crippen LogP contribution in [0.5, 0.6) is 0 Å². The fourth-order valence-electron chi connectivity index (χ4n) is 3.75. The van der Waals surface area contributed by atoms with Crippen molar-refractivity contribution in [2.45, 2.75) is 56.7 Å². The fourth-order valence-corrected chi connectivity index (χ4v) is 5.27. The smallest absolute Gasteiger partial charge is 0.253 e. The maximum absolute atomic E-state index is 14.0. The molecule has 1 saturated carbocycles. The summed E-state index contributed by atoms with van der Waals surface area (Å²) in [5, 5.41) is 6.50. The van der Waals surface area contributed by atoms with Gasteiger partial charge in [0.05, 0.1) is 5.56 Å². The molecule has 0 unspecified atom stereocenters. The van der Waals surface area contributed by atoms with Gasteiger partial charge in [0, 0.05) is 29.6 Å². The van der Waals surface area contributed by atoms with Gasteiger partial charge in [0.25, 0.3) is 5.91 Å². The van der Waals surface area contributed by atoms with Crippen LogP contribution < -0.4 is 16.4 Å². The van der Waals surface area contributed by atoms with Gasteiger partial charge in [-0.05, 0) is 44.6 Å². The molecule has 27 heavy (non-hydrogen) atoms. The van der Waals surface area contributed by atoms with Crippen LogP contribution in [0.2, 0.25) is 0 Å². The summed E-state index contributed by atoms with van der Waals surface area (Å²) in [6, 6.07) is 1.38. The van der Waals surface area contributed by atoms with Gasteiger partial charge in [-0.2, -0.15) is 20.0 Å². The molecule has 1 aliphatic heterocycles. The molecular formula is C17H26F2N4O3S. The number of nitrogens with zero attached hydrogens (tertiary/aromatic N) is 1. The Morgan fingerprint density at radius 1 is 1.07 bits per heavy atom. The van der Waals surface area contributed by atoms with E-state index in [2.05, 4.69) is 15.6 Å². The third-order valence-corrected chi connectivity index (χ3v) is 7.10. The van der Waals surface area contributed by atoms with Gasteiger partial charge in [0.15, 0.2) is 11.6 Å². The summed E-state index contributed by atoms with van der Waals surface area (Å²) in [5.74, 6) is -2.22. The molecule has 2 heterocycles. The highest BCUT2D eigenvalue weighted by Crippen LogP contribution is 2.44. The molecule has 152 valence electrons. The summed E-state index contributed by atoms with van der Waals surface area (Å²) < 4.78 is 47.1. The second-order valence-electron chi connectivity index (χ2n) is 7.37. The van der Waals surface area contributed by atoms with E-state index in [0.717, 1.165) is 44.6 Å². The molecule has 0 spiro atoms. The van der Waals surface area contributed by atoms with Crippen molar-refractivity contribution in [2.24, 2.45) is 5.73 Å². The van der Waals surface area contributed by atoms with Gasteiger partial charge in [-0.25, -0.2) is 4.39 Å². The Bertz CT molecular complexity index is 689. The van der Waals surface area contributed by atoms with Crippen molar-refractivity contribution >= 4 is 22.3 Å². The summed E-state index contributed by atoms with van der Waals surface area (Å²) in [6.07, 6.45) is 4.85. The van der Waals surface area contributed by atoms with Crippen LogP contribution in [0.1, 0.15) is 48.9 Å². The second-order valence-corrected chi connectivity index (χ2v) is 9.79. The monoisotopic (exact) mass is 404 g/mol. The van der Waals surface area contributed by atoms with Gasteiger partial charge < -0.3 is 16.4 Å². The highest BCUT2D eigenvalue weighted by molar-refractivity contribution is 8.24. The predicted molar refractivity (Wildman–Crippen MR) is 101 cm³/mol. The Labute approximate surface area is 158 Å². The first-order valence-corrected chi connectivity index (χ1v) is 11.0. The number of carbonyl (C=O) groups is 1. The molecule has 7 nitrogen and oxygen atoms in total. The maximum Gasteiger partial charge on any atom is 0.253 e. The van der Waals surface area contributed by atoms with Crippen LogP contribution in [-0.4, -0.2) is 49.6 Å². The molecule has 0 bridgehead atoms. The van der Waals surface area contributed by atoms with E-state index in [0.29, 0.717) is 23.6 Å². The molecular weight excluding hydrogens is 378 g/mol. The number of rotatable bonds is 5. The standard InChI is InChI=1S/C17H26F2N4O3S/c18-14-9-13(16(20)24)15(19)23-17(14)22-11-3-1-10(2-4-11)21-12-5-7-27(25,26)8-6-12/h9-12,21,25-26H,1-8H2,(H2,20,24)(H,22,23)/t10-,11-. The number of hydrogen-bond acceptors (Lipinski definition) is 6. The Morgan fingerprint density at radius 2 is 1.63 bits per heavy atom. The largest absolute Gasteiger partial charge is 0.365 e. The number of aromatic nitrogens is 1. The van der Waals surface area contributed by atoms with Crippen molar-refractivity contribution in [1.82, 2.24) is 10.3 Å². The molecule has 1 aromatic heterocycles. The summed E-state index contributed by atoms with van der Waals surface area (Å²) in [6.45, 7) is 0. The summed E-state index contributed by atoms with van der Waals surface area (Å²) in [5.41, 5.74) is 4.43. The molecule has 1 saturated heterocycles. The molecule has 1 amide bonds. The first kappa shape index (κ1) is 20.2. The third-order valence-electron chi connectivity index (χ3n) is 5.32. The van der Waals surface area contributed by atoms with Gasteiger partial charge in [-0.1, -0.05) is 0 Å². The van der Waals surface area contributed by atoms with Crippen LogP contribution in [-0.2, 0) is 0 Å². The van der Waals surface area contributed by atoms with Crippen molar-refractivity contribution in [3.63, 3.8) is 0 Å². The fraction of sp³-hybridized carbons (Fsp3) is 0.647. The number of nitrogens with two attached hydrogens (primary N) is 1. The summed E-state index contributed by atoms with van der Waals surface area (Å²) in [4.78, 5) is 14.5. The van der Waals surface area contributed by atoms with E-state index in [1.165, 1.54) is 0 Å². The highest BCUT2D eigenvalue weighted by Gasteiger charge is 2.28. The molecule has 10 heteroatoms. The number of hydrogen-bond donors (Lipinski definition) is 5. The minimum Gasteiger partial charge on any atom is -0.365 e. The molecule has 0 radical (unpaired) electrons. The lowest BCUT2D eigenvalue weighted by Crippen LogP contribution is -2.45. The van der Waals surface area contributed by atoms with Crippen molar-refractivity contribution in [3.8, 4) is 0 Å². The molecule has 1 aliphatic carbocycles. The van der Waals surface area contributed by atoms with E-state index in [1.807, 2.05) is 0 Å². The summed E-state index contributed by atoms with van der Waals surface area (Å²) >= 11 is 0. The van der Waals surface area contributed by atoms with Crippen molar-refractivity contribution in [3.05, 3.63) is 23.4 Å². The first-order chi connectivity index (χ1) is 12.7. The van der Waals surface area contributed by atoms with E-state index in [1.54, 1.807) is 0 Å². The first-order valence-electron chi connectivity index (χ1n) is 9.15. The maximum atomic E-state index is 14.0. The number of halogens is 2. The van der Waals surface area contributed by atoms with Crippen LogP contribution in [0.3, 0.4) is 0 Å². The zero-order valence-electron chi connectivity index (χ0n) is 15.0. The van der Waals surface area contributed by atoms with Crippen LogP contribution in [0, 0.1) is 11.8 Å². The normalized spacial score (nSPS) is 27.1. The minimum absolute atomic E-state index is 0.0257. The van der Waals surface area contributed by atoms with Crippen LogP contribution in [0.25, 0.3) is 0 Å². The van der Waals surface area contributed by atoms with Crippen LogP contribution in [0.4, 0.5) is 14.6 Å². The molecule has 3 rings (SSSR count). The second kappa shape index (κ2) is 8.26. The van der Waals surface area contributed by atoms with Crippen molar-refractivity contribution in [1.29, 1.82) is 0 Å². The zero-order chi connectivity index (χ0) is 19.6. The number of primary amides is 1. The predicted octanol–water partition coefficient (Wildman–Crippen LogP) is 2.68. The van der Waals surface area contributed by atoms with E-state index < -0.39 is 33.8 Å². The van der Waals surface area contributed by atoms with Gasteiger partial charge >= 0.3 is 0 Å². The SMILES string of the molecule is NC(=O)c1cc(F)c(N[C@H]2CC[C@H](NC3CCS(O)(O)CC3)CC2)nc1F. The Kier molecular flexibility index (Phi) is 6.19. The lowest BCUT2D eigenvalue weighted by Gasteiger charge is -2.41. The van der Waals surface area contributed by atoms with E-state index in [9.17, 15) is 22.7 Å². The number of carbonyl (C=O) groups excluding carboxylic acids is 1. The lowest BCUT2D eigenvalue weighted by atomic mass is 9.90. The summed E-state index contributed by atoms with van der Waals surface area (Å²) in [7, 11) is -2.37. The van der Waals surface area contributed by atoms with E-state index in [4.69, 9.17) is 5.73 Å². The van der Waals surface area contributed by atoms with Crippen LogP contribution >= 0.6 is 10.6 Å². The zero-order valence-corrected chi connectivity index (χ0v) is 15.8. The average Bonchev–Trinajstić information content (AvgIpc) is 2.61. The quantitative estimate of drug-likeness (QED) is 0.481. The van der Waals surface area contributed by atoms with Crippen LogP contribution in [0.15, 0.2) is 6.07 Å². The van der Waals surface area contributed by atoms with Gasteiger partial charge in [0.2, 0.25) is 5.95 Å². The minimum atomic E-state index is -2.37. The number of nitrogens with one attached hydrogen (secondary N) is 2. The molecule has 2 fully saturated rings. The Morgan fingerprint density at radius 3 is 2.22 bits per heavy atom. The van der Waals surface area contributed by atoms with E-state index >= 15 is 0 Å². The highest BCUT2D eigenvalue weighted by atomic mass is 32.3. The van der Waals surface area contributed by atoms with E-state index in [-0.39, 0.29) is 11.9 Å². The number of amides is 1. The van der Waals surface area contributed by atoms with Crippen molar-refractivity contribution < 1.29 is 22.7 Å². The van der Waals surface area contributed by atoms with Gasteiger partial charge in [0.1, 0.15) is 0 Å². The van der Waals surface area contributed by atoms with Gasteiger partial charge in [-0.15, -0.1) is 0 Å². The average molecular weight is 404 g/mol. The molecule has 1 aromatic rings. The number of anilines is 1. The van der Waals surface area contributed by atoms with Gasteiger partial charge in [-0.3, -0.25) is 13.9 Å². The molecule has 2 aliphatic rings. The Balaban J connectivity index is 1.49. The third kappa shape index (κ3) is 5.28. The Hall–Kier alpha value is -1.49.